The third kappa shape index (κ3) is 3.33. The van der Waals surface area contributed by atoms with E-state index in [-0.39, 0.29) is 0 Å². The first-order valence-corrected chi connectivity index (χ1v) is 8.22. The van der Waals surface area contributed by atoms with Gasteiger partial charge in [0.2, 0.25) is 0 Å². The van der Waals surface area contributed by atoms with Crippen molar-refractivity contribution in [2.45, 2.75) is 64.2 Å². The van der Waals surface area contributed by atoms with Crippen molar-refractivity contribution in [1.29, 1.82) is 0 Å². The van der Waals surface area contributed by atoms with Crippen molar-refractivity contribution in [1.82, 2.24) is 0 Å². The summed E-state index contributed by atoms with van der Waals surface area (Å²) < 4.78 is 5.65. The summed E-state index contributed by atoms with van der Waals surface area (Å²) in [5.41, 5.74) is 0. The molecular weight excluding hydrogens is 212 g/mol. The van der Waals surface area contributed by atoms with Crippen molar-refractivity contribution in [2.24, 2.45) is 17.8 Å². The Morgan fingerprint density at radius 1 is 0.812 bits per heavy atom. The topological polar surface area (TPSA) is 9.23 Å². The first kappa shape index (κ1) is 12.6. The minimum absolute atomic E-state index is 0.915. The molecule has 0 bridgehead atoms. The third-order valence-electron chi connectivity index (χ3n) is 4.87. The van der Waals surface area contributed by atoms with Gasteiger partial charge in [-0.2, -0.15) is 0 Å². The fourth-order valence-electron chi connectivity index (χ4n) is 3.97. The molecule has 0 amide bonds. The van der Waals surface area contributed by atoms with Crippen molar-refractivity contribution in [3.8, 4) is 0 Å². The molecule has 2 aliphatic rings. The molecule has 0 saturated heterocycles. The summed E-state index contributed by atoms with van der Waals surface area (Å²) in [6.07, 6.45) is 14.9. The largest absolute Gasteiger partial charge is 0.428 e. The number of hydrogen-bond donors (Lipinski definition) is 0. The molecule has 0 atom stereocenters. The number of hydrogen-bond acceptors (Lipinski definition) is 1. The lowest BCUT2D eigenvalue weighted by Gasteiger charge is -2.37. The Balaban J connectivity index is 1.91. The van der Waals surface area contributed by atoms with Crippen LogP contribution >= 0.6 is 0 Å². The van der Waals surface area contributed by atoms with Gasteiger partial charge in [0.05, 0.1) is 0 Å². The van der Waals surface area contributed by atoms with Gasteiger partial charge in [-0.05, 0) is 17.8 Å². The Bertz CT molecular complexity index is 165. The molecule has 0 aliphatic heterocycles. The summed E-state index contributed by atoms with van der Waals surface area (Å²) in [5, 5.41) is 0. The average Bonchev–Trinajstić information content (AvgIpc) is 2.38. The summed E-state index contributed by atoms with van der Waals surface area (Å²) in [4.78, 5) is 0. The van der Waals surface area contributed by atoms with Crippen LogP contribution in [0.3, 0.4) is 0 Å². The van der Waals surface area contributed by atoms with Crippen molar-refractivity contribution < 1.29 is 4.43 Å². The highest BCUT2D eigenvalue weighted by atomic mass is 28.2. The Kier molecular flexibility index (Phi) is 5.37. The zero-order valence-electron chi connectivity index (χ0n) is 10.9. The molecule has 94 valence electrons. The van der Waals surface area contributed by atoms with E-state index in [0.717, 1.165) is 34.8 Å². The molecule has 0 radical (unpaired) electrons. The molecule has 2 heteroatoms. The van der Waals surface area contributed by atoms with E-state index in [9.17, 15) is 0 Å². The molecule has 2 rings (SSSR count). The zero-order chi connectivity index (χ0) is 11.2. The molecule has 2 saturated carbocycles. The van der Waals surface area contributed by atoms with Crippen LogP contribution in [0, 0.1) is 17.8 Å². The lowest BCUT2D eigenvalue weighted by atomic mass is 9.70. The van der Waals surface area contributed by atoms with Crippen LogP contribution in [0.2, 0.25) is 0 Å². The van der Waals surface area contributed by atoms with Gasteiger partial charge >= 0.3 is 0 Å². The van der Waals surface area contributed by atoms with E-state index in [1.165, 1.54) is 64.2 Å². The van der Waals surface area contributed by atoms with Crippen LogP contribution in [0.15, 0.2) is 0 Å². The lowest BCUT2D eigenvalue weighted by molar-refractivity contribution is 0.0934. The molecule has 2 fully saturated rings. The lowest BCUT2D eigenvalue weighted by Crippen LogP contribution is -2.30. The molecule has 0 aromatic rings. The SMILES string of the molecule is [SiH3]OCC(C1CCCCC1)C1CCCCC1. The molecule has 0 spiro atoms. The molecule has 0 unspecified atom stereocenters. The van der Waals surface area contributed by atoms with Crippen molar-refractivity contribution in [3.63, 3.8) is 0 Å². The van der Waals surface area contributed by atoms with Crippen LogP contribution < -0.4 is 0 Å². The second kappa shape index (κ2) is 6.80. The summed E-state index contributed by atoms with van der Waals surface area (Å²) in [5.74, 6) is 2.93. The minimum atomic E-state index is 0.915. The predicted molar refractivity (Wildman–Crippen MR) is 72.5 cm³/mol. The van der Waals surface area contributed by atoms with E-state index in [2.05, 4.69) is 0 Å². The Hall–Kier alpha value is 0.177. The maximum Gasteiger partial charge on any atom is 0.145 e. The summed E-state index contributed by atoms with van der Waals surface area (Å²) >= 11 is 0. The van der Waals surface area contributed by atoms with E-state index < -0.39 is 0 Å². The van der Waals surface area contributed by atoms with Crippen LogP contribution in [0.4, 0.5) is 0 Å². The van der Waals surface area contributed by atoms with Gasteiger partial charge in [0.25, 0.3) is 0 Å². The van der Waals surface area contributed by atoms with Gasteiger partial charge in [-0.3, -0.25) is 0 Å². The number of rotatable bonds is 4. The van der Waals surface area contributed by atoms with E-state index in [4.69, 9.17) is 4.43 Å². The van der Waals surface area contributed by atoms with E-state index in [0.29, 0.717) is 0 Å². The first-order valence-electron chi connectivity index (χ1n) is 7.40. The highest BCUT2D eigenvalue weighted by Crippen LogP contribution is 2.39. The normalized spacial score (nSPS) is 25.3. The zero-order valence-corrected chi connectivity index (χ0v) is 12.9. The fourth-order valence-corrected chi connectivity index (χ4v) is 4.36. The average molecular weight is 240 g/mol. The monoisotopic (exact) mass is 240 g/mol. The molecule has 16 heavy (non-hydrogen) atoms. The highest BCUT2D eigenvalue weighted by Gasteiger charge is 2.30. The predicted octanol–water partition coefficient (Wildman–Crippen LogP) is 3.06. The van der Waals surface area contributed by atoms with Gasteiger partial charge in [-0.1, -0.05) is 64.2 Å². The van der Waals surface area contributed by atoms with Crippen LogP contribution in [0.5, 0.6) is 0 Å². The van der Waals surface area contributed by atoms with Crippen LogP contribution in [0.25, 0.3) is 0 Å². The summed E-state index contributed by atoms with van der Waals surface area (Å²) in [6, 6.07) is 0. The van der Waals surface area contributed by atoms with Crippen molar-refractivity contribution >= 4 is 10.5 Å². The molecule has 0 heterocycles. The van der Waals surface area contributed by atoms with E-state index in [1.54, 1.807) is 0 Å². The molecular formula is C14H28OSi. The highest BCUT2D eigenvalue weighted by molar-refractivity contribution is 5.97. The molecule has 0 N–H and O–H groups in total. The Morgan fingerprint density at radius 2 is 1.25 bits per heavy atom. The Morgan fingerprint density at radius 3 is 1.62 bits per heavy atom. The second-order valence-corrected chi connectivity index (χ2v) is 6.49. The van der Waals surface area contributed by atoms with Gasteiger partial charge in [-0.15, -0.1) is 0 Å². The molecule has 1 nitrogen and oxygen atoms in total. The standard InChI is InChI=1S/C14H28OSi/c16-15-11-14(12-7-3-1-4-8-12)13-9-5-2-6-10-13/h12-14H,1-11H2,16H3. The van der Waals surface area contributed by atoms with Gasteiger partial charge in [0, 0.05) is 6.61 Å². The van der Waals surface area contributed by atoms with Crippen LogP contribution in [-0.4, -0.2) is 17.1 Å². The van der Waals surface area contributed by atoms with Gasteiger partial charge in [-0.25, -0.2) is 0 Å². The van der Waals surface area contributed by atoms with Gasteiger partial charge < -0.3 is 4.43 Å². The van der Waals surface area contributed by atoms with E-state index >= 15 is 0 Å². The fraction of sp³-hybridized carbons (Fsp3) is 1.00. The minimum Gasteiger partial charge on any atom is -0.428 e. The molecule has 2 aliphatic carbocycles. The first-order chi connectivity index (χ1) is 7.92. The van der Waals surface area contributed by atoms with Crippen molar-refractivity contribution in [3.05, 3.63) is 0 Å². The quantitative estimate of drug-likeness (QED) is 0.686. The summed E-state index contributed by atoms with van der Waals surface area (Å²) in [6.45, 7) is 1.08. The van der Waals surface area contributed by atoms with Gasteiger partial charge in [0.15, 0.2) is 0 Å². The maximum absolute atomic E-state index is 5.65. The Labute approximate surface area is 104 Å². The van der Waals surface area contributed by atoms with Crippen LogP contribution in [0.1, 0.15) is 64.2 Å². The second-order valence-electron chi connectivity index (χ2n) is 5.92. The van der Waals surface area contributed by atoms with Crippen molar-refractivity contribution in [2.75, 3.05) is 6.61 Å². The third-order valence-corrected chi connectivity index (χ3v) is 5.20. The maximum atomic E-state index is 5.65. The van der Waals surface area contributed by atoms with Crippen LogP contribution in [-0.2, 0) is 4.43 Å². The van der Waals surface area contributed by atoms with Gasteiger partial charge in [0.1, 0.15) is 10.5 Å². The summed E-state index contributed by atoms with van der Waals surface area (Å²) in [7, 11) is 0.928. The molecule has 0 aromatic heterocycles. The smallest absolute Gasteiger partial charge is 0.145 e. The molecule has 0 aromatic carbocycles. The van der Waals surface area contributed by atoms with E-state index in [1.807, 2.05) is 0 Å².